The number of rotatable bonds is 11. The second kappa shape index (κ2) is 11.8. The van der Waals surface area contributed by atoms with Crippen LogP contribution in [0.4, 0.5) is 0 Å². The molecule has 3 N–H and O–H groups in total. The first-order chi connectivity index (χ1) is 16.0. The van der Waals surface area contributed by atoms with Crippen molar-refractivity contribution < 1.29 is 9.59 Å². The minimum absolute atomic E-state index is 0.0727. The smallest absolute Gasteiger partial charge is 0.224 e. The van der Waals surface area contributed by atoms with Gasteiger partial charge in [0.25, 0.3) is 0 Å². The highest BCUT2D eigenvalue weighted by Gasteiger charge is 2.38. The summed E-state index contributed by atoms with van der Waals surface area (Å²) in [6.07, 6.45) is 0.699. The fourth-order valence-corrected chi connectivity index (χ4v) is 5.68. The van der Waals surface area contributed by atoms with Gasteiger partial charge in [-0.2, -0.15) is 0 Å². The van der Waals surface area contributed by atoms with Crippen LogP contribution in [0.15, 0.2) is 91.0 Å². The number of nitrogens with one attached hydrogen (secondary N) is 1. The van der Waals surface area contributed by atoms with Crippen molar-refractivity contribution >= 4 is 23.5 Å². The Morgan fingerprint density at radius 2 is 1.27 bits per heavy atom. The van der Waals surface area contributed by atoms with Gasteiger partial charge in [-0.1, -0.05) is 97.9 Å². The van der Waals surface area contributed by atoms with Crippen LogP contribution in [-0.4, -0.2) is 30.5 Å². The van der Waals surface area contributed by atoms with Gasteiger partial charge in [-0.3, -0.25) is 9.59 Å². The van der Waals surface area contributed by atoms with Gasteiger partial charge in [-0.15, -0.1) is 11.8 Å². The number of Topliss-reactive ketones (excluding diaryl/α,β-unsaturated/α-hetero) is 1. The summed E-state index contributed by atoms with van der Waals surface area (Å²) in [7, 11) is 1.61. The lowest BCUT2D eigenvalue weighted by Gasteiger charge is -2.36. The average molecular weight is 461 g/mol. The van der Waals surface area contributed by atoms with E-state index in [1.165, 1.54) is 0 Å². The largest absolute Gasteiger partial charge is 0.359 e. The van der Waals surface area contributed by atoms with Crippen molar-refractivity contribution in [3.8, 4) is 0 Å². The molecule has 0 aliphatic heterocycles. The molecule has 2 atom stereocenters. The van der Waals surface area contributed by atoms with Gasteiger partial charge in [-0.25, -0.2) is 0 Å². The second-order valence-corrected chi connectivity index (χ2v) is 9.32. The molecule has 0 spiro atoms. The van der Waals surface area contributed by atoms with Crippen molar-refractivity contribution in [2.75, 3.05) is 12.8 Å². The summed E-state index contributed by atoms with van der Waals surface area (Å²) in [5, 5.41) is 2.74. The van der Waals surface area contributed by atoms with E-state index in [1.54, 1.807) is 18.8 Å². The predicted molar refractivity (Wildman–Crippen MR) is 137 cm³/mol. The third-order valence-corrected chi connectivity index (χ3v) is 7.67. The van der Waals surface area contributed by atoms with E-state index in [0.717, 1.165) is 16.7 Å². The van der Waals surface area contributed by atoms with E-state index >= 15 is 0 Å². The van der Waals surface area contributed by atoms with Crippen LogP contribution >= 0.6 is 11.8 Å². The Labute approximate surface area is 201 Å². The van der Waals surface area contributed by atoms with Crippen LogP contribution in [0.25, 0.3) is 0 Å². The molecule has 0 saturated heterocycles. The summed E-state index contributed by atoms with van der Waals surface area (Å²) in [6.45, 7) is 1.89. The molecule has 3 aromatic carbocycles. The molecular weight excluding hydrogens is 428 g/mol. The minimum Gasteiger partial charge on any atom is -0.359 e. The van der Waals surface area contributed by atoms with Gasteiger partial charge < -0.3 is 11.1 Å². The molecule has 3 rings (SSSR count). The number of thioether (sulfide) groups is 1. The van der Waals surface area contributed by atoms with E-state index in [-0.39, 0.29) is 18.1 Å². The van der Waals surface area contributed by atoms with Crippen molar-refractivity contribution in [2.24, 2.45) is 11.7 Å². The standard InChI is InChI=1S/C28H32N2O2S/c1-3-25(29)26(31)19-21(27(32)30-2)20-33-28(22-13-7-4-8-14-22,23-15-9-5-10-16-23)24-17-11-6-12-18-24/h4-18,21,25H,3,19-20,29H2,1-2H3,(H,30,32)/t21-,25-/m0/s1. The van der Waals surface area contributed by atoms with Gasteiger partial charge in [0.05, 0.1) is 16.7 Å². The third kappa shape index (κ3) is 5.73. The van der Waals surface area contributed by atoms with Crippen LogP contribution in [0.3, 0.4) is 0 Å². The lowest BCUT2D eigenvalue weighted by molar-refractivity contribution is -0.128. The molecule has 0 fully saturated rings. The maximum Gasteiger partial charge on any atom is 0.224 e. The van der Waals surface area contributed by atoms with Gasteiger partial charge in [-0.05, 0) is 23.1 Å². The molecule has 5 heteroatoms. The summed E-state index contributed by atoms with van der Waals surface area (Å²) in [5.41, 5.74) is 9.35. The van der Waals surface area contributed by atoms with Crippen molar-refractivity contribution in [1.29, 1.82) is 0 Å². The molecule has 0 heterocycles. The molecule has 0 bridgehead atoms. The van der Waals surface area contributed by atoms with Crippen LogP contribution in [0.5, 0.6) is 0 Å². The van der Waals surface area contributed by atoms with Gasteiger partial charge in [0, 0.05) is 19.2 Å². The first-order valence-corrected chi connectivity index (χ1v) is 12.3. The third-order valence-electron chi connectivity index (χ3n) is 5.96. The molecule has 0 radical (unpaired) electrons. The van der Waals surface area contributed by atoms with Gasteiger partial charge in [0.15, 0.2) is 0 Å². The van der Waals surface area contributed by atoms with Crippen LogP contribution in [0.1, 0.15) is 36.5 Å². The Kier molecular flexibility index (Phi) is 8.87. The maximum atomic E-state index is 12.8. The summed E-state index contributed by atoms with van der Waals surface area (Å²) in [5.74, 6) is -0.208. The number of carbonyl (C=O) groups is 2. The molecule has 0 aliphatic rings. The number of hydrogen-bond acceptors (Lipinski definition) is 4. The van der Waals surface area contributed by atoms with Gasteiger partial charge >= 0.3 is 0 Å². The zero-order valence-electron chi connectivity index (χ0n) is 19.2. The van der Waals surface area contributed by atoms with Crippen LogP contribution in [0, 0.1) is 5.92 Å². The van der Waals surface area contributed by atoms with Gasteiger partial charge in [0.2, 0.25) is 5.91 Å². The lowest BCUT2D eigenvalue weighted by atomic mass is 9.84. The Balaban J connectivity index is 2.07. The normalized spacial score (nSPS) is 13.2. The maximum absolute atomic E-state index is 12.8. The van der Waals surface area contributed by atoms with Crippen LogP contribution in [0.2, 0.25) is 0 Å². The molecule has 4 nitrogen and oxygen atoms in total. The molecule has 3 aromatic rings. The van der Waals surface area contributed by atoms with Crippen LogP contribution < -0.4 is 11.1 Å². The highest BCUT2D eigenvalue weighted by Crippen LogP contribution is 2.49. The number of nitrogens with two attached hydrogens (primary N) is 1. The van der Waals surface area contributed by atoms with E-state index in [4.69, 9.17) is 5.73 Å². The SMILES string of the molecule is CC[C@H](N)C(=O)C[C@@H](CSC(c1ccccc1)(c1ccccc1)c1ccccc1)C(=O)NC. The highest BCUT2D eigenvalue weighted by atomic mass is 32.2. The lowest BCUT2D eigenvalue weighted by Crippen LogP contribution is -2.37. The molecule has 33 heavy (non-hydrogen) atoms. The molecule has 0 unspecified atom stereocenters. The molecule has 1 amide bonds. The van der Waals surface area contributed by atoms with Crippen molar-refractivity contribution in [1.82, 2.24) is 5.32 Å². The average Bonchev–Trinajstić information content (AvgIpc) is 2.89. The van der Waals surface area contributed by atoms with Crippen molar-refractivity contribution in [3.63, 3.8) is 0 Å². The number of ketones is 1. The zero-order chi connectivity index (χ0) is 23.7. The molecule has 0 saturated carbocycles. The number of benzene rings is 3. The number of carbonyl (C=O) groups excluding carboxylic acids is 2. The second-order valence-electron chi connectivity index (χ2n) is 8.09. The van der Waals surface area contributed by atoms with E-state index < -0.39 is 16.7 Å². The predicted octanol–water partition coefficient (Wildman–Crippen LogP) is 4.77. The topological polar surface area (TPSA) is 72.2 Å². The minimum atomic E-state index is -0.538. The quantitative estimate of drug-likeness (QED) is 0.404. The van der Waals surface area contributed by atoms with Crippen molar-refractivity contribution in [3.05, 3.63) is 108 Å². The van der Waals surface area contributed by atoms with E-state index in [9.17, 15) is 9.59 Å². The van der Waals surface area contributed by atoms with E-state index in [0.29, 0.717) is 12.2 Å². The van der Waals surface area contributed by atoms with Crippen molar-refractivity contribution in [2.45, 2.75) is 30.6 Å². The zero-order valence-corrected chi connectivity index (χ0v) is 20.1. The Morgan fingerprint density at radius 1 is 0.848 bits per heavy atom. The van der Waals surface area contributed by atoms with Crippen LogP contribution in [-0.2, 0) is 14.3 Å². The Bertz CT molecular complexity index is 929. The molecule has 172 valence electrons. The summed E-state index contributed by atoms with van der Waals surface area (Å²) in [6, 6.07) is 30.5. The molecular formula is C28H32N2O2S. The highest BCUT2D eigenvalue weighted by molar-refractivity contribution is 8.00. The summed E-state index contributed by atoms with van der Waals surface area (Å²) in [4.78, 5) is 25.4. The fourth-order valence-electron chi connectivity index (χ4n) is 4.05. The molecule has 0 aromatic heterocycles. The first kappa shape index (κ1) is 24.7. The van der Waals surface area contributed by atoms with E-state index in [2.05, 4.69) is 41.7 Å². The summed E-state index contributed by atoms with van der Waals surface area (Å²) >= 11 is 1.69. The monoisotopic (exact) mass is 460 g/mol. The Morgan fingerprint density at radius 3 is 1.64 bits per heavy atom. The molecule has 0 aliphatic carbocycles. The fraction of sp³-hybridized carbons (Fsp3) is 0.286. The number of amides is 1. The number of hydrogen-bond donors (Lipinski definition) is 2. The van der Waals surface area contributed by atoms with E-state index in [1.807, 2.05) is 61.5 Å². The van der Waals surface area contributed by atoms with Gasteiger partial charge in [0.1, 0.15) is 5.78 Å². The first-order valence-electron chi connectivity index (χ1n) is 11.3. The summed E-state index contributed by atoms with van der Waals surface area (Å²) < 4.78 is -0.536. The Hall–Kier alpha value is -2.89.